The summed E-state index contributed by atoms with van der Waals surface area (Å²) in [6.07, 6.45) is 2.38. The Kier molecular flexibility index (Phi) is 6.59. The summed E-state index contributed by atoms with van der Waals surface area (Å²) in [5, 5.41) is 8.13. The molecule has 166 valence electrons. The van der Waals surface area contributed by atoms with Crippen molar-refractivity contribution in [2.24, 2.45) is 5.16 Å². The second kappa shape index (κ2) is 9.01. The standard InChI is InChI=1S/C21H25N3O6S/c1-5-7-18(25)30-21-15(12-22-24(21)6-2)20(26)14-8-9-17-19(13(14)3)16(23-29-4)10-11-31(17,27)28/h8-9,12H,5-7,10-11H2,1-4H3. The molecule has 2 aromatic rings. The number of ether oxygens (including phenoxy) is 1. The summed E-state index contributed by atoms with van der Waals surface area (Å²) in [6, 6.07) is 2.90. The fourth-order valence-corrected chi connectivity index (χ4v) is 5.13. The van der Waals surface area contributed by atoms with Crippen molar-refractivity contribution >= 4 is 27.3 Å². The van der Waals surface area contributed by atoms with Gasteiger partial charge in [-0.15, -0.1) is 0 Å². The van der Waals surface area contributed by atoms with E-state index in [0.29, 0.717) is 29.8 Å². The van der Waals surface area contributed by atoms with Crippen LogP contribution in [0, 0.1) is 6.92 Å². The number of rotatable bonds is 7. The molecule has 1 aliphatic heterocycles. The Morgan fingerprint density at radius 2 is 1.97 bits per heavy atom. The van der Waals surface area contributed by atoms with Crippen LogP contribution in [0.2, 0.25) is 0 Å². The van der Waals surface area contributed by atoms with E-state index in [1.807, 2.05) is 13.8 Å². The first kappa shape index (κ1) is 22.7. The van der Waals surface area contributed by atoms with Crippen molar-refractivity contribution in [2.75, 3.05) is 12.9 Å². The van der Waals surface area contributed by atoms with Gasteiger partial charge in [0, 0.05) is 30.5 Å². The zero-order valence-corrected chi connectivity index (χ0v) is 18.8. The Hall–Kier alpha value is -3.01. The van der Waals surface area contributed by atoms with E-state index in [-0.39, 0.29) is 40.5 Å². The number of hydrogen-bond acceptors (Lipinski definition) is 8. The fourth-order valence-electron chi connectivity index (χ4n) is 3.59. The first-order valence-corrected chi connectivity index (χ1v) is 11.7. The Morgan fingerprint density at radius 1 is 1.23 bits per heavy atom. The molecule has 9 nitrogen and oxygen atoms in total. The van der Waals surface area contributed by atoms with Crippen LogP contribution in [0.1, 0.15) is 60.2 Å². The monoisotopic (exact) mass is 447 g/mol. The molecule has 0 atom stereocenters. The minimum absolute atomic E-state index is 0.0737. The minimum Gasteiger partial charge on any atom is -0.407 e. The van der Waals surface area contributed by atoms with Crippen LogP contribution in [0.15, 0.2) is 28.4 Å². The lowest BCUT2D eigenvalue weighted by Crippen LogP contribution is -2.24. The molecule has 3 rings (SSSR count). The SMILES string of the molecule is CCCC(=O)Oc1c(C(=O)c2ccc3c(c2C)C(=NOC)CCS3(=O)=O)cnn1CC. The number of ketones is 1. The average molecular weight is 448 g/mol. The van der Waals surface area contributed by atoms with Crippen LogP contribution in [-0.4, -0.2) is 48.5 Å². The average Bonchev–Trinajstić information content (AvgIpc) is 3.12. The van der Waals surface area contributed by atoms with Crippen molar-refractivity contribution in [1.29, 1.82) is 0 Å². The van der Waals surface area contributed by atoms with Gasteiger partial charge in [-0.25, -0.2) is 13.1 Å². The number of fused-ring (bicyclic) bond motifs is 1. The highest BCUT2D eigenvalue weighted by atomic mass is 32.2. The highest BCUT2D eigenvalue weighted by Gasteiger charge is 2.32. The molecule has 1 aromatic heterocycles. The molecule has 31 heavy (non-hydrogen) atoms. The maximum absolute atomic E-state index is 13.4. The molecule has 0 saturated carbocycles. The van der Waals surface area contributed by atoms with Gasteiger partial charge in [0.15, 0.2) is 15.6 Å². The molecule has 0 amide bonds. The summed E-state index contributed by atoms with van der Waals surface area (Å²) < 4.78 is 32.0. The normalized spacial score (nSPS) is 16.1. The van der Waals surface area contributed by atoms with Gasteiger partial charge in [0.1, 0.15) is 12.7 Å². The zero-order chi connectivity index (χ0) is 22.8. The minimum atomic E-state index is -3.49. The fraction of sp³-hybridized carbons (Fsp3) is 0.429. The summed E-state index contributed by atoms with van der Waals surface area (Å²) >= 11 is 0. The molecule has 10 heteroatoms. The van der Waals surface area contributed by atoms with Crippen LogP contribution in [0.3, 0.4) is 0 Å². The van der Waals surface area contributed by atoms with Gasteiger partial charge in [-0.3, -0.25) is 9.59 Å². The number of hydrogen-bond donors (Lipinski definition) is 0. The van der Waals surface area contributed by atoms with Crippen LogP contribution in [0.25, 0.3) is 0 Å². The Balaban J connectivity index is 2.12. The summed E-state index contributed by atoms with van der Waals surface area (Å²) in [4.78, 5) is 30.5. The molecular formula is C21H25N3O6S. The summed E-state index contributed by atoms with van der Waals surface area (Å²) in [5.41, 5.74) is 1.74. The second-order valence-electron chi connectivity index (χ2n) is 7.13. The maximum atomic E-state index is 13.4. The van der Waals surface area contributed by atoms with Crippen LogP contribution in [0.5, 0.6) is 5.88 Å². The van der Waals surface area contributed by atoms with Crippen LogP contribution < -0.4 is 4.74 Å². The van der Waals surface area contributed by atoms with Gasteiger partial charge in [-0.1, -0.05) is 12.1 Å². The highest BCUT2D eigenvalue weighted by molar-refractivity contribution is 7.91. The van der Waals surface area contributed by atoms with E-state index in [1.54, 1.807) is 6.92 Å². The Bertz CT molecular complexity index is 1160. The van der Waals surface area contributed by atoms with Gasteiger partial charge in [0.05, 0.1) is 22.6 Å². The third-order valence-corrected chi connectivity index (χ3v) is 6.86. The van der Waals surface area contributed by atoms with Crippen molar-refractivity contribution in [3.63, 3.8) is 0 Å². The van der Waals surface area contributed by atoms with Gasteiger partial charge in [0.25, 0.3) is 0 Å². The van der Waals surface area contributed by atoms with Gasteiger partial charge >= 0.3 is 5.97 Å². The van der Waals surface area contributed by atoms with Gasteiger partial charge in [-0.2, -0.15) is 5.10 Å². The molecule has 1 aliphatic rings. The molecule has 2 heterocycles. The quantitative estimate of drug-likeness (QED) is 0.364. The smallest absolute Gasteiger partial charge is 0.312 e. The molecule has 0 N–H and O–H groups in total. The summed E-state index contributed by atoms with van der Waals surface area (Å²) in [6.45, 7) is 5.76. The van der Waals surface area contributed by atoms with Crippen molar-refractivity contribution in [3.8, 4) is 5.88 Å². The molecule has 0 fully saturated rings. The van der Waals surface area contributed by atoms with Gasteiger partial charge in [-0.05, 0) is 38.0 Å². The second-order valence-corrected chi connectivity index (χ2v) is 9.21. The molecule has 0 unspecified atom stereocenters. The number of nitrogens with zero attached hydrogens (tertiary/aromatic N) is 3. The van der Waals surface area contributed by atoms with E-state index in [4.69, 9.17) is 9.57 Å². The number of esters is 1. The molecule has 0 aliphatic carbocycles. The van der Waals surface area contributed by atoms with Gasteiger partial charge < -0.3 is 9.57 Å². The van der Waals surface area contributed by atoms with E-state index in [9.17, 15) is 18.0 Å². The van der Waals surface area contributed by atoms with E-state index < -0.39 is 21.6 Å². The highest BCUT2D eigenvalue weighted by Crippen LogP contribution is 2.32. The Morgan fingerprint density at radius 3 is 2.61 bits per heavy atom. The summed E-state index contributed by atoms with van der Waals surface area (Å²) in [5.74, 6) is -0.856. The predicted octanol–water partition coefficient (Wildman–Crippen LogP) is 2.68. The van der Waals surface area contributed by atoms with Crippen molar-refractivity contribution in [3.05, 3.63) is 40.6 Å². The van der Waals surface area contributed by atoms with Crippen LogP contribution in [0.4, 0.5) is 0 Å². The first-order valence-electron chi connectivity index (χ1n) is 10.0. The number of benzene rings is 1. The van der Waals surface area contributed by atoms with Crippen molar-refractivity contribution in [2.45, 2.75) is 51.5 Å². The van der Waals surface area contributed by atoms with Crippen molar-refractivity contribution in [1.82, 2.24) is 9.78 Å². The van der Waals surface area contributed by atoms with Crippen LogP contribution >= 0.6 is 0 Å². The molecule has 0 saturated heterocycles. The van der Waals surface area contributed by atoms with E-state index >= 15 is 0 Å². The number of carbonyl (C=O) groups is 2. The van der Waals surface area contributed by atoms with E-state index in [2.05, 4.69) is 10.3 Å². The molecule has 1 aromatic carbocycles. The molecule has 0 radical (unpaired) electrons. The number of aryl methyl sites for hydroxylation is 1. The lowest BCUT2D eigenvalue weighted by molar-refractivity contribution is -0.134. The number of oxime groups is 1. The lowest BCUT2D eigenvalue weighted by atomic mass is 9.93. The lowest BCUT2D eigenvalue weighted by Gasteiger charge is -2.21. The van der Waals surface area contributed by atoms with Crippen molar-refractivity contribution < 1.29 is 27.6 Å². The van der Waals surface area contributed by atoms with Gasteiger partial charge in [0.2, 0.25) is 5.88 Å². The number of sulfone groups is 1. The molecular weight excluding hydrogens is 422 g/mol. The molecule has 0 spiro atoms. The van der Waals surface area contributed by atoms with E-state index in [1.165, 1.54) is 30.1 Å². The third kappa shape index (κ3) is 4.25. The molecule has 0 bridgehead atoms. The van der Waals surface area contributed by atoms with Crippen LogP contribution in [-0.2, 0) is 26.0 Å². The first-order chi connectivity index (χ1) is 14.7. The third-order valence-electron chi connectivity index (χ3n) is 5.10. The zero-order valence-electron chi connectivity index (χ0n) is 18.0. The summed E-state index contributed by atoms with van der Waals surface area (Å²) in [7, 11) is -2.10. The topological polar surface area (TPSA) is 117 Å². The number of aromatic nitrogens is 2. The van der Waals surface area contributed by atoms with E-state index in [0.717, 1.165) is 0 Å². The number of carbonyl (C=O) groups excluding carboxylic acids is 2. The Labute approximate surface area is 180 Å². The largest absolute Gasteiger partial charge is 0.407 e. The maximum Gasteiger partial charge on any atom is 0.312 e. The predicted molar refractivity (Wildman–Crippen MR) is 113 cm³/mol.